The van der Waals surface area contributed by atoms with Crippen LogP contribution in [0, 0.1) is 0 Å². The number of nitrogens with one attached hydrogen (secondary N) is 1. The van der Waals surface area contributed by atoms with E-state index in [0.29, 0.717) is 34.3 Å². The van der Waals surface area contributed by atoms with Crippen molar-refractivity contribution >= 4 is 40.5 Å². The van der Waals surface area contributed by atoms with E-state index in [0.717, 1.165) is 10.8 Å². The van der Waals surface area contributed by atoms with E-state index in [1.807, 2.05) is 49.4 Å². The second-order valence-corrected chi connectivity index (χ2v) is 8.03. The zero-order valence-electron chi connectivity index (χ0n) is 19.4. The lowest BCUT2D eigenvalue weighted by molar-refractivity contribution is -0.123. The summed E-state index contributed by atoms with van der Waals surface area (Å²) >= 11 is 5.87. The zero-order valence-corrected chi connectivity index (χ0v) is 20.2. The van der Waals surface area contributed by atoms with Crippen LogP contribution < -0.4 is 19.6 Å². The van der Waals surface area contributed by atoms with Crippen molar-refractivity contribution in [2.75, 3.05) is 13.2 Å². The predicted molar refractivity (Wildman–Crippen MR) is 139 cm³/mol. The van der Waals surface area contributed by atoms with Crippen LogP contribution in [0.3, 0.4) is 0 Å². The van der Waals surface area contributed by atoms with E-state index in [1.54, 1.807) is 42.5 Å². The Hall–Kier alpha value is -4.36. The van der Waals surface area contributed by atoms with E-state index in [-0.39, 0.29) is 12.4 Å². The Bertz CT molecular complexity index is 1400. The number of benzene rings is 4. The second-order valence-electron chi connectivity index (χ2n) is 7.59. The van der Waals surface area contributed by atoms with Gasteiger partial charge in [-0.25, -0.2) is 10.2 Å². The van der Waals surface area contributed by atoms with Crippen molar-refractivity contribution in [2.24, 2.45) is 5.10 Å². The molecule has 182 valence electrons. The van der Waals surface area contributed by atoms with Gasteiger partial charge >= 0.3 is 5.97 Å². The van der Waals surface area contributed by atoms with E-state index in [4.69, 9.17) is 25.8 Å². The first kappa shape index (κ1) is 24.8. The van der Waals surface area contributed by atoms with Crippen LogP contribution in [0.2, 0.25) is 5.02 Å². The molecule has 0 saturated heterocycles. The molecule has 0 radical (unpaired) electrons. The molecule has 0 aromatic heterocycles. The van der Waals surface area contributed by atoms with Crippen molar-refractivity contribution in [3.8, 4) is 17.2 Å². The molecule has 0 atom stereocenters. The smallest absolute Gasteiger partial charge is 0.343 e. The summed E-state index contributed by atoms with van der Waals surface area (Å²) in [6, 6.07) is 24.8. The molecule has 1 amide bonds. The fourth-order valence-electron chi connectivity index (χ4n) is 3.38. The van der Waals surface area contributed by atoms with E-state index in [2.05, 4.69) is 10.5 Å². The summed E-state index contributed by atoms with van der Waals surface area (Å²) in [6.07, 6.45) is 1.46. The third kappa shape index (κ3) is 6.40. The van der Waals surface area contributed by atoms with Gasteiger partial charge in [-0.05, 0) is 66.4 Å². The molecule has 1 N–H and O–H groups in total. The first-order chi connectivity index (χ1) is 17.5. The Morgan fingerprint density at radius 3 is 2.47 bits per heavy atom. The molecule has 0 aliphatic carbocycles. The van der Waals surface area contributed by atoms with Crippen LogP contribution in [0.1, 0.15) is 22.8 Å². The first-order valence-corrected chi connectivity index (χ1v) is 11.6. The van der Waals surface area contributed by atoms with Gasteiger partial charge in [0.05, 0.1) is 18.4 Å². The molecule has 8 heteroatoms. The highest BCUT2D eigenvalue weighted by molar-refractivity contribution is 6.30. The van der Waals surface area contributed by atoms with Gasteiger partial charge in [0, 0.05) is 10.4 Å². The third-order valence-electron chi connectivity index (χ3n) is 5.06. The van der Waals surface area contributed by atoms with Crippen molar-refractivity contribution in [2.45, 2.75) is 6.92 Å². The van der Waals surface area contributed by atoms with E-state index in [9.17, 15) is 9.59 Å². The fourth-order valence-corrected chi connectivity index (χ4v) is 3.50. The summed E-state index contributed by atoms with van der Waals surface area (Å²) < 4.78 is 16.8. The number of nitrogens with zero attached hydrogens (tertiary/aromatic N) is 1. The molecular weight excluding hydrogens is 480 g/mol. The Labute approximate surface area is 213 Å². The van der Waals surface area contributed by atoms with Crippen LogP contribution in [0.4, 0.5) is 0 Å². The molecule has 0 fully saturated rings. The molecule has 0 saturated carbocycles. The minimum atomic E-state index is -0.535. The van der Waals surface area contributed by atoms with Crippen LogP contribution in [0.25, 0.3) is 10.8 Å². The summed E-state index contributed by atoms with van der Waals surface area (Å²) in [5.41, 5.74) is 3.44. The van der Waals surface area contributed by atoms with Crippen LogP contribution >= 0.6 is 11.6 Å². The quantitative estimate of drug-likeness (QED) is 0.138. The lowest BCUT2D eigenvalue weighted by atomic mass is 10.1. The number of rotatable bonds is 9. The molecule has 4 rings (SSSR count). The Kier molecular flexibility index (Phi) is 8.16. The van der Waals surface area contributed by atoms with Gasteiger partial charge in [-0.2, -0.15) is 5.10 Å². The molecule has 0 bridgehead atoms. The van der Waals surface area contributed by atoms with Crippen molar-refractivity contribution < 1.29 is 23.8 Å². The lowest BCUT2D eigenvalue weighted by Gasteiger charge is -2.11. The van der Waals surface area contributed by atoms with Gasteiger partial charge in [0.1, 0.15) is 5.75 Å². The average Bonchev–Trinajstić information content (AvgIpc) is 2.89. The van der Waals surface area contributed by atoms with Crippen molar-refractivity contribution in [3.63, 3.8) is 0 Å². The predicted octanol–water partition coefficient (Wildman–Crippen LogP) is 5.64. The molecule has 7 nitrogen and oxygen atoms in total. The number of esters is 1. The normalized spacial score (nSPS) is 10.8. The third-order valence-corrected chi connectivity index (χ3v) is 5.31. The van der Waals surface area contributed by atoms with Gasteiger partial charge < -0.3 is 14.2 Å². The van der Waals surface area contributed by atoms with Crippen molar-refractivity contribution in [1.82, 2.24) is 5.43 Å². The molecule has 36 heavy (non-hydrogen) atoms. The number of hydrazone groups is 1. The fraction of sp³-hybridized carbons (Fsp3) is 0.107. The van der Waals surface area contributed by atoms with Gasteiger partial charge in [-0.15, -0.1) is 0 Å². The molecular formula is C28H23ClN2O5. The summed E-state index contributed by atoms with van der Waals surface area (Å²) in [5.74, 6) is 0.318. The summed E-state index contributed by atoms with van der Waals surface area (Å²) in [5, 5.41) is 6.46. The minimum Gasteiger partial charge on any atom is -0.490 e. The average molecular weight is 503 g/mol. The highest BCUT2D eigenvalue weighted by Gasteiger charge is 2.13. The number of carbonyl (C=O) groups excluding carboxylic acids is 2. The molecule has 0 unspecified atom stereocenters. The van der Waals surface area contributed by atoms with Gasteiger partial charge in [-0.1, -0.05) is 48.0 Å². The molecule has 4 aromatic carbocycles. The SMILES string of the molecule is CCOc1cc(/C=N\NC(=O)COc2cccc3ccccc23)ccc1OC(=O)c1ccc(Cl)cc1. The van der Waals surface area contributed by atoms with Crippen LogP contribution in [-0.2, 0) is 4.79 Å². The van der Waals surface area contributed by atoms with Crippen LogP contribution in [0.5, 0.6) is 17.2 Å². The Morgan fingerprint density at radius 2 is 1.67 bits per heavy atom. The maximum Gasteiger partial charge on any atom is 0.343 e. The number of hydrogen-bond donors (Lipinski definition) is 1. The van der Waals surface area contributed by atoms with E-state index in [1.165, 1.54) is 6.21 Å². The number of amides is 1. The van der Waals surface area contributed by atoms with Crippen molar-refractivity contribution in [3.05, 3.63) is 101 Å². The highest BCUT2D eigenvalue weighted by Crippen LogP contribution is 2.29. The van der Waals surface area contributed by atoms with Crippen LogP contribution in [0.15, 0.2) is 90.0 Å². The standard InChI is InChI=1S/C28H23ClN2O5/c1-2-34-26-16-19(10-15-25(26)36-28(33)21-11-13-22(29)14-12-21)17-30-31-27(32)18-35-24-9-5-7-20-6-3-4-8-23(20)24/h3-17H,2,18H2,1H3,(H,31,32)/b30-17-. The van der Waals surface area contributed by atoms with E-state index < -0.39 is 11.9 Å². The Morgan fingerprint density at radius 1 is 0.889 bits per heavy atom. The van der Waals surface area contributed by atoms with Gasteiger partial charge in [0.15, 0.2) is 18.1 Å². The summed E-state index contributed by atoms with van der Waals surface area (Å²) in [4.78, 5) is 24.6. The van der Waals surface area contributed by atoms with E-state index >= 15 is 0 Å². The maximum atomic E-state index is 12.4. The largest absolute Gasteiger partial charge is 0.490 e. The number of hydrogen-bond acceptors (Lipinski definition) is 6. The number of fused-ring (bicyclic) bond motifs is 1. The summed E-state index contributed by atoms with van der Waals surface area (Å²) in [6.45, 7) is 2.01. The van der Waals surface area contributed by atoms with Gasteiger partial charge in [-0.3, -0.25) is 4.79 Å². The highest BCUT2D eigenvalue weighted by atomic mass is 35.5. The number of halogens is 1. The molecule has 0 spiro atoms. The monoisotopic (exact) mass is 502 g/mol. The number of ether oxygens (including phenoxy) is 3. The van der Waals surface area contributed by atoms with Crippen molar-refractivity contribution in [1.29, 1.82) is 0 Å². The number of carbonyl (C=O) groups is 2. The van der Waals surface area contributed by atoms with Crippen LogP contribution in [-0.4, -0.2) is 31.3 Å². The maximum absolute atomic E-state index is 12.4. The topological polar surface area (TPSA) is 86.2 Å². The molecule has 4 aromatic rings. The summed E-state index contributed by atoms with van der Waals surface area (Å²) in [7, 11) is 0. The molecule has 0 aliphatic heterocycles. The Balaban J connectivity index is 1.36. The first-order valence-electron chi connectivity index (χ1n) is 11.2. The minimum absolute atomic E-state index is 0.185. The second kappa shape index (κ2) is 11.9. The lowest BCUT2D eigenvalue weighted by Crippen LogP contribution is -2.24. The molecule has 0 heterocycles. The van der Waals surface area contributed by atoms with Gasteiger partial charge in [0.2, 0.25) is 0 Å². The molecule has 0 aliphatic rings. The zero-order chi connectivity index (χ0) is 25.3. The van der Waals surface area contributed by atoms with Gasteiger partial charge in [0.25, 0.3) is 5.91 Å².